The average molecular weight is 336 g/mol. The van der Waals surface area contributed by atoms with E-state index in [1.807, 2.05) is 0 Å². The van der Waals surface area contributed by atoms with Gasteiger partial charge in [0.05, 0.1) is 0 Å². The third kappa shape index (κ3) is 22.4. The minimum Gasteiger partial charge on any atom is -0.450 e. The Kier molecular flexibility index (Phi) is 8.70. The SMILES string of the molecule is CC(C)(C)OC(=O)O.CC(C)(C)OC(=O)OC(=O)OC(C)(C)C. The van der Waals surface area contributed by atoms with Crippen LogP contribution in [0, 0.1) is 0 Å². The molecule has 0 unspecified atom stereocenters. The topological polar surface area (TPSA) is 108 Å². The van der Waals surface area contributed by atoms with Gasteiger partial charge >= 0.3 is 18.5 Å². The van der Waals surface area contributed by atoms with Crippen molar-refractivity contribution >= 4 is 18.5 Å². The summed E-state index contributed by atoms with van der Waals surface area (Å²) in [6, 6.07) is 0. The van der Waals surface area contributed by atoms with Crippen molar-refractivity contribution in [1.29, 1.82) is 0 Å². The molecule has 0 spiro atoms. The number of hydrogen-bond acceptors (Lipinski definition) is 7. The molecular weight excluding hydrogens is 308 g/mol. The molecule has 0 bridgehead atoms. The van der Waals surface area contributed by atoms with Crippen LogP contribution in [0.25, 0.3) is 0 Å². The molecule has 0 fully saturated rings. The molecule has 0 aliphatic carbocycles. The second-order valence-electron chi connectivity index (χ2n) is 7.51. The van der Waals surface area contributed by atoms with Crippen LogP contribution < -0.4 is 0 Å². The predicted octanol–water partition coefficient (Wildman–Crippen LogP) is 4.35. The normalized spacial score (nSPS) is 11.5. The summed E-state index contributed by atoms with van der Waals surface area (Å²) in [5.41, 5.74) is -1.97. The van der Waals surface area contributed by atoms with Crippen LogP contribution in [0.5, 0.6) is 0 Å². The summed E-state index contributed by atoms with van der Waals surface area (Å²) in [6.07, 6.45) is -3.34. The Hall–Kier alpha value is -1.99. The van der Waals surface area contributed by atoms with Gasteiger partial charge in [-0.1, -0.05) is 0 Å². The van der Waals surface area contributed by atoms with Crippen molar-refractivity contribution < 1.29 is 38.4 Å². The van der Waals surface area contributed by atoms with Crippen molar-refractivity contribution in [2.45, 2.75) is 79.1 Å². The Morgan fingerprint density at radius 1 is 0.609 bits per heavy atom. The van der Waals surface area contributed by atoms with Crippen LogP contribution in [0.2, 0.25) is 0 Å². The lowest BCUT2D eigenvalue weighted by Gasteiger charge is -2.20. The first-order valence-corrected chi connectivity index (χ1v) is 6.97. The van der Waals surface area contributed by atoms with E-state index in [1.54, 1.807) is 62.3 Å². The van der Waals surface area contributed by atoms with E-state index in [9.17, 15) is 14.4 Å². The number of rotatable bonds is 0. The maximum Gasteiger partial charge on any atom is 0.519 e. The van der Waals surface area contributed by atoms with Crippen LogP contribution in [0.1, 0.15) is 62.3 Å². The van der Waals surface area contributed by atoms with Gasteiger partial charge in [0.15, 0.2) is 0 Å². The van der Waals surface area contributed by atoms with E-state index in [-0.39, 0.29) is 0 Å². The number of ether oxygens (including phenoxy) is 4. The maximum absolute atomic E-state index is 11.0. The summed E-state index contributed by atoms with van der Waals surface area (Å²) >= 11 is 0. The summed E-state index contributed by atoms with van der Waals surface area (Å²) in [5, 5.41) is 8.03. The fraction of sp³-hybridized carbons (Fsp3) is 0.800. The van der Waals surface area contributed by atoms with Gasteiger partial charge in [0.2, 0.25) is 0 Å². The van der Waals surface area contributed by atoms with E-state index in [1.165, 1.54) is 0 Å². The Bertz CT molecular complexity index is 381. The summed E-state index contributed by atoms with van der Waals surface area (Å²) in [7, 11) is 0. The van der Waals surface area contributed by atoms with Gasteiger partial charge in [0, 0.05) is 0 Å². The molecule has 0 rings (SSSR count). The molecule has 0 aliphatic heterocycles. The number of hydrogen-bond donors (Lipinski definition) is 1. The van der Waals surface area contributed by atoms with E-state index in [4.69, 9.17) is 14.6 Å². The molecule has 0 aromatic heterocycles. The molecule has 23 heavy (non-hydrogen) atoms. The highest BCUT2D eigenvalue weighted by molar-refractivity contribution is 5.77. The Morgan fingerprint density at radius 3 is 1.00 bits per heavy atom. The molecule has 1 N–H and O–H groups in total. The Balaban J connectivity index is 0. The minimum atomic E-state index is -1.22. The van der Waals surface area contributed by atoms with Crippen molar-refractivity contribution in [1.82, 2.24) is 0 Å². The number of carbonyl (C=O) groups excluding carboxylic acids is 2. The first kappa shape index (κ1) is 23.3. The van der Waals surface area contributed by atoms with Gasteiger partial charge in [-0.15, -0.1) is 0 Å². The second kappa shape index (κ2) is 8.59. The average Bonchev–Trinajstić information content (AvgIpc) is 2.04. The molecule has 0 amide bonds. The largest absolute Gasteiger partial charge is 0.519 e. The van der Waals surface area contributed by atoms with Crippen molar-refractivity contribution in [2.75, 3.05) is 0 Å². The summed E-state index contributed by atoms with van der Waals surface area (Å²) < 4.78 is 18.2. The highest BCUT2D eigenvalue weighted by Crippen LogP contribution is 2.11. The third-order valence-corrected chi connectivity index (χ3v) is 1.34. The van der Waals surface area contributed by atoms with Gasteiger partial charge in [0.1, 0.15) is 16.8 Å². The molecule has 0 aliphatic rings. The zero-order valence-electron chi connectivity index (χ0n) is 15.3. The van der Waals surface area contributed by atoms with Crippen LogP contribution >= 0.6 is 0 Å². The quantitative estimate of drug-likeness (QED) is 0.395. The minimum absolute atomic E-state index is 0.578. The standard InChI is InChI=1S/C10H18O5.C5H10O3/c1-9(2,3)14-7(11)13-8(12)15-10(4,5)6;1-5(2,3)8-4(6)7/h1-6H3;1-3H3,(H,6,7). The highest BCUT2D eigenvalue weighted by atomic mass is 16.8. The fourth-order valence-corrected chi connectivity index (χ4v) is 0.872. The zero-order valence-corrected chi connectivity index (χ0v) is 15.3. The third-order valence-electron chi connectivity index (χ3n) is 1.34. The van der Waals surface area contributed by atoms with Gasteiger partial charge in [-0.05, 0) is 62.3 Å². The molecule has 0 heterocycles. The second-order valence-corrected chi connectivity index (χ2v) is 7.51. The Labute approximate surface area is 137 Å². The number of carbonyl (C=O) groups is 3. The van der Waals surface area contributed by atoms with Crippen LogP contribution in [0.3, 0.4) is 0 Å². The molecule has 8 heteroatoms. The van der Waals surface area contributed by atoms with Crippen molar-refractivity contribution in [3.63, 3.8) is 0 Å². The summed E-state index contributed by atoms with van der Waals surface area (Å²) in [5.74, 6) is 0. The molecule has 0 saturated heterocycles. The smallest absolute Gasteiger partial charge is 0.450 e. The Morgan fingerprint density at radius 2 is 0.870 bits per heavy atom. The van der Waals surface area contributed by atoms with Gasteiger partial charge in [-0.2, -0.15) is 0 Å². The first-order chi connectivity index (χ1) is 9.91. The van der Waals surface area contributed by atoms with Crippen molar-refractivity contribution in [2.24, 2.45) is 0 Å². The maximum atomic E-state index is 11.0. The van der Waals surface area contributed by atoms with Gasteiger partial charge in [-0.3, -0.25) is 0 Å². The van der Waals surface area contributed by atoms with E-state index >= 15 is 0 Å². The fourth-order valence-electron chi connectivity index (χ4n) is 0.872. The van der Waals surface area contributed by atoms with E-state index in [2.05, 4.69) is 9.47 Å². The van der Waals surface area contributed by atoms with Gasteiger partial charge in [0.25, 0.3) is 0 Å². The molecule has 0 atom stereocenters. The van der Waals surface area contributed by atoms with E-state index in [0.717, 1.165) is 0 Å². The van der Waals surface area contributed by atoms with E-state index in [0.29, 0.717) is 0 Å². The first-order valence-electron chi connectivity index (χ1n) is 6.97. The van der Waals surface area contributed by atoms with Crippen molar-refractivity contribution in [3.05, 3.63) is 0 Å². The summed E-state index contributed by atoms with van der Waals surface area (Å²) in [6.45, 7) is 15.1. The van der Waals surface area contributed by atoms with Crippen molar-refractivity contribution in [3.8, 4) is 0 Å². The lowest BCUT2D eigenvalue weighted by molar-refractivity contribution is -0.0294. The zero-order chi connectivity index (χ0) is 19.1. The lowest BCUT2D eigenvalue weighted by atomic mass is 10.2. The molecule has 0 aromatic rings. The monoisotopic (exact) mass is 336 g/mol. The summed E-state index contributed by atoms with van der Waals surface area (Å²) in [4.78, 5) is 31.8. The van der Waals surface area contributed by atoms with E-state index < -0.39 is 35.3 Å². The molecule has 0 radical (unpaired) electrons. The van der Waals surface area contributed by atoms with Crippen LogP contribution in [-0.2, 0) is 18.9 Å². The molecule has 0 aromatic carbocycles. The lowest BCUT2D eigenvalue weighted by Crippen LogP contribution is -2.29. The highest BCUT2D eigenvalue weighted by Gasteiger charge is 2.24. The number of carboxylic acid groups (broad SMARTS) is 1. The molecular formula is C15H28O8. The molecule has 0 saturated carbocycles. The molecule has 136 valence electrons. The molecule has 8 nitrogen and oxygen atoms in total. The van der Waals surface area contributed by atoms with Crippen LogP contribution in [-0.4, -0.2) is 40.4 Å². The predicted molar refractivity (Wildman–Crippen MR) is 82.4 cm³/mol. The van der Waals surface area contributed by atoms with Gasteiger partial charge in [-0.25, -0.2) is 14.4 Å². The van der Waals surface area contributed by atoms with Crippen LogP contribution in [0.15, 0.2) is 0 Å². The van der Waals surface area contributed by atoms with Crippen LogP contribution in [0.4, 0.5) is 14.4 Å². The van der Waals surface area contributed by atoms with Gasteiger partial charge < -0.3 is 24.1 Å².